The molecule has 0 fully saturated rings. The number of benzene rings is 2. The monoisotopic (exact) mass is 400 g/mol. The summed E-state index contributed by atoms with van der Waals surface area (Å²) >= 11 is 0. The fourth-order valence-corrected chi connectivity index (χ4v) is 2.27. The molecule has 0 unspecified atom stereocenters. The lowest BCUT2D eigenvalue weighted by atomic mass is 10.1. The highest BCUT2D eigenvalue weighted by molar-refractivity contribution is 5.92. The second-order valence-electron chi connectivity index (χ2n) is 5.54. The number of rotatable bonds is 4. The largest absolute Gasteiger partial charge is 0.451 e. The van der Waals surface area contributed by atoms with Gasteiger partial charge in [-0.3, -0.25) is 15.6 Å². The van der Waals surface area contributed by atoms with Crippen LogP contribution in [0, 0.1) is 17.5 Å². The van der Waals surface area contributed by atoms with E-state index < -0.39 is 40.8 Å². The van der Waals surface area contributed by atoms with Crippen LogP contribution < -0.4 is 10.9 Å². The Morgan fingerprint density at radius 1 is 0.929 bits per heavy atom. The molecule has 1 amide bonds. The molecule has 0 atom stereocenters. The van der Waals surface area contributed by atoms with Crippen LogP contribution in [0.5, 0.6) is 0 Å². The van der Waals surface area contributed by atoms with Gasteiger partial charge in [-0.25, -0.2) is 13.2 Å². The summed E-state index contributed by atoms with van der Waals surface area (Å²) in [6.45, 7) is 0. The van der Waals surface area contributed by atoms with Crippen molar-refractivity contribution >= 4 is 11.6 Å². The van der Waals surface area contributed by atoms with E-state index in [0.717, 1.165) is 18.2 Å². The molecule has 0 saturated heterocycles. The van der Waals surface area contributed by atoms with Crippen LogP contribution in [0.25, 0.3) is 11.3 Å². The number of furan rings is 1. The maximum Gasteiger partial charge on any atom is 0.416 e. The van der Waals surface area contributed by atoms with E-state index in [0.29, 0.717) is 6.07 Å². The van der Waals surface area contributed by atoms with Gasteiger partial charge in [-0.2, -0.15) is 13.2 Å². The standard InChI is InChI=1S/C18H10F6N2O2/c19-11-4-5-12(16(21)15(11)20)25-26-17(27)14-7-6-13(28-14)9-2-1-3-10(8-9)18(22,23)24/h1-8,25H,(H,26,27). The summed E-state index contributed by atoms with van der Waals surface area (Å²) in [5, 5.41) is 0. The van der Waals surface area contributed by atoms with Gasteiger partial charge in [-0.1, -0.05) is 12.1 Å². The summed E-state index contributed by atoms with van der Waals surface area (Å²) in [6, 6.07) is 8.29. The molecule has 3 aromatic rings. The molecule has 0 saturated carbocycles. The van der Waals surface area contributed by atoms with E-state index in [1.165, 1.54) is 24.3 Å². The minimum Gasteiger partial charge on any atom is -0.451 e. The third-order valence-corrected chi connectivity index (χ3v) is 3.65. The summed E-state index contributed by atoms with van der Waals surface area (Å²) in [5.74, 6) is -5.87. The molecule has 1 aromatic heterocycles. The molecule has 146 valence electrons. The lowest BCUT2D eigenvalue weighted by Gasteiger charge is -2.09. The molecule has 4 nitrogen and oxygen atoms in total. The number of hydrogen-bond acceptors (Lipinski definition) is 3. The van der Waals surface area contributed by atoms with E-state index in [1.807, 2.05) is 5.43 Å². The summed E-state index contributed by atoms with van der Waals surface area (Å²) in [6.07, 6.45) is -4.54. The van der Waals surface area contributed by atoms with Crippen LogP contribution in [0.15, 0.2) is 52.9 Å². The highest BCUT2D eigenvalue weighted by atomic mass is 19.4. The number of alkyl halides is 3. The Labute approximate surface area is 153 Å². The van der Waals surface area contributed by atoms with Crippen LogP contribution in [0.2, 0.25) is 0 Å². The van der Waals surface area contributed by atoms with E-state index in [1.54, 1.807) is 0 Å². The van der Waals surface area contributed by atoms with Crippen LogP contribution in [0.3, 0.4) is 0 Å². The topological polar surface area (TPSA) is 54.3 Å². The lowest BCUT2D eigenvalue weighted by Crippen LogP contribution is -2.29. The Morgan fingerprint density at radius 2 is 1.68 bits per heavy atom. The zero-order chi connectivity index (χ0) is 20.5. The maximum absolute atomic E-state index is 13.5. The first-order valence-electron chi connectivity index (χ1n) is 7.64. The number of amides is 1. The minimum absolute atomic E-state index is 0.00439. The third kappa shape index (κ3) is 3.95. The minimum atomic E-state index is -4.54. The van der Waals surface area contributed by atoms with Crippen LogP contribution in [-0.4, -0.2) is 5.91 Å². The molecule has 3 rings (SSSR count). The van der Waals surface area contributed by atoms with E-state index in [9.17, 15) is 31.1 Å². The molecule has 10 heteroatoms. The summed E-state index contributed by atoms with van der Waals surface area (Å²) in [5.41, 5.74) is 2.75. The third-order valence-electron chi connectivity index (χ3n) is 3.65. The van der Waals surface area contributed by atoms with Gasteiger partial charge in [-0.05, 0) is 36.4 Å². The lowest BCUT2D eigenvalue weighted by molar-refractivity contribution is -0.137. The van der Waals surface area contributed by atoms with Gasteiger partial charge in [0, 0.05) is 5.56 Å². The number of hydrogen-bond donors (Lipinski definition) is 2. The zero-order valence-corrected chi connectivity index (χ0v) is 13.7. The average molecular weight is 400 g/mol. The number of nitrogens with one attached hydrogen (secondary N) is 2. The molecule has 0 spiro atoms. The van der Waals surface area contributed by atoms with Crippen molar-refractivity contribution in [2.45, 2.75) is 6.18 Å². The SMILES string of the molecule is O=C(NNc1ccc(F)c(F)c1F)c1ccc(-c2cccc(C(F)(F)F)c2)o1. The Bertz CT molecular complexity index is 1030. The first kappa shape index (κ1) is 19.3. The van der Waals surface area contributed by atoms with Crippen molar-refractivity contribution in [3.63, 3.8) is 0 Å². The van der Waals surface area contributed by atoms with Crippen LogP contribution in [-0.2, 0) is 6.18 Å². The van der Waals surface area contributed by atoms with Gasteiger partial charge >= 0.3 is 12.1 Å². The molecular formula is C18H10F6N2O2. The average Bonchev–Trinajstić information content (AvgIpc) is 3.15. The number of carbonyl (C=O) groups excluding carboxylic acids is 1. The molecule has 0 bridgehead atoms. The summed E-state index contributed by atoms with van der Waals surface area (Å²) in [4.78, 5) is 12.0. The van der Waals surface area contributed by atoms with Gasteiger partial charge in [0.1, 0.15) is 5.76 Å². The Kier molecular flexibility index (Phi) is 5.04. The number of carbonyl (C=O) groups is 1. The molecule has 1 heterocycles. The van der Waals surface area contributed by atoms with Crippen molar-refractivity contribution < 1.29 is 35.6 Å². The fraction of sp³-hybridized carbons (Fsp3) is 0.0556. The van der Waals surface area contributed by atoms with Crippen molar-refractivity contribution in [1.82, 2.24) is 5.43 Å². The smallest absolute Gasteiger partial charge is 0.416 e. The zero-order valence-electron chi connectivity index (χ0n) is 13.7. The second-order valence-corrected chi connectivity index (χ2v) is 5.54. The van der Waals surface area contributed by atoms with Crippen LogP contribution >= 0.6 is 0 Å². The highest BCUT2D eigenvalue weighted by Gasteiger charge is 2.30. The Hall–Kier alpha value is -3.43. The van der Waals surface area contributed by atoms with Crippen molar-refractivity contribution in [2.24, 2.45) is 0 Å². The van der Waals surface area contributed by atoms with E-state index >= 15 is 0 Å². The van der Waals surface area contributed by atoms with Crippen molar-refractivity contribution in [3.8, 4) is 11.3 Å². The van der Waals surface area contributed by atoms with E-state index in [-0.39, 0.29) is 17.1 Å². The molecular weight excluding hydrogens is 390 g/mol. The van der Waals surface area contributed by atoms with Gasteiger partial charge in [0.15, 0.2) is 23.2 Å². The molecule has 28 heavy (non-hydrogen) atoms. The van der Waals surface area contributed by atoms with Crippen molar-refractivity contribution in [3.05, 3.63) is 77.3 Å². The van der Waals surface area contributed by atoms with Crippen LogP contribution in [0.4, 0.5) is 32.0 Å². The van der Waals surface area contributed by atoms with Gasteiger partial charge < -0.3 is 4.42 Å². The van der Waals surface area contributed by atoms with Gasteiger partial charge in [0.2, 0.25) is 0 Å². The Balaban J connectivity index is 1.74. The normalized spacial score (nSPS) is 11.4. The fourth-order valence-electron chi connectivity index (χ4n) is 2.27. The van der Waals surface area contributed by atoms with Gasteiger partial charge in [0.05, 0.1) is 11.3 Å². The van der Waals surface area contributed by atoms with E-state index in [2.05, 4.69) is 5.43 Å². The first-order valence-corrected chi connectivity index (χ1v) is 7.64. The van der Waals surface area contributed by atoms with Crippen molar-refractivity contribution in [1.29, 1.82) is 0 Å². The molecule has 2 aromatic carbocycles. The molecule has 0 aliphatic heterocycles. The summed E-state index contributed by atoms with van der Waals surface area (Å²) in [7, 11) is 0. The molecule has 0 radical (unpaired) electrons. The number of halogens is 6. The number of anilines is 1. The van der Waals surface area contributed by atoms with Gasteiger partial charge in [-0.15, -0.1) is 0 Å². The molecule has 2 N–H and O–H groups in total. The number of hydrazine groups is 1. The first-order chi connectivity index (χ1) is 13.2. The molecule has 0 aliphatic carbocycles. The maximum atomic E-state index is 13.5. The predicted octanol–water partition coefficient (Wildman–Crippen LogP) is 5.14. The van der Waals surface area contributed by atoms with E-state index in [4.69, 9.17) is 4.42 Å². The Morgan fingerprint density at radius 3 is 2.39 bits per heavy atom. The highest BCUT2D eigenvalue weighted by Crippen LogP contribution is 2.32. The quantitative estimate of drug-likeness (QED) is 0.362. The molecule has 0 aliphatic rings. The van der Waals surface area contributed by atoms with Crippen molar-refractivity contribution in [2.75, 3.05) is 5.43 Å². The van der Waals surface area contributed by atoms with Gasteiger partial charge in [0.25, 0.3) is 0 Å². The predicted molar refractivity (Wildman–Crippen MR) is 86.6 cm³/mol. The second kappa shape index (κ2) is 7.29. The van der Waals surface area contributed by atoms with Crippen LogP contribution in [0.1, 0.15) is 16.1 Å². The summed E-state index contributed by atoms with van der Waals surface area (Å²) < 4.78 is 83.1.